The third-order valence-electron chi connectivity index (χ3n) is 5.80. The molecule has 3 rings (SSSR count). The van der Waals surface area contributed by atoms with Crippen LogP contribution in [0.2, 0.25) is 0 Å². The number of alkyl halides is 6. The molecule has 3 aromatic carbocycles. The number of benzene rings is 3. The van der Waals surface area contributed by atoms with Gasteiger partial charge in [-0.15, -0.1) is 0 Å². The molecule has 2 amide bonds. The summed E-state index contributed by atoms with van der Waals surface area (Å²) in [5.41, 5.74) is -1.95. The first-order chi connectivity index (χ1) is 19.2. The minimum Gasteiger partial charge on any atom is -0.465 e. The number of amides is 2. The maximum Gasteiger partial charge on any atom is 0.461 e. The Hall–Kier alpha value is -4.36. The molecule has 0 saturated carbocycles. The van der Waals surface area contributed by atoms with Crippen LogP contribution in [0.15, 0.2) is 72.8 Å². The number of nitrogens with one attached hydrogen (secondary N) is 2. The third-order valence-corrected chi connectivity index (χ3v) is 5.80. The molecular weight excluding hydrogens is 568 g/mol. The SMILES string of the molecule is COC(=O)C(F)(F)CNC(=O)N[C@](Cc1ccccc1)(c1ccc(F)cc1)c1cc(F)cc(OC(F)(F)C(F)F)c1. The Morgan fingerprint density at radius 3 is 2.07 bits per heavy atom. The van der Waals surface area contributed by atoms with Gasteiger partial charge in [-0.25, -0.2) is 18.4 Å². The van der Waals surface area contributed by atoms with Crippen molar-refractivity contribution in [1.82, 2.24) is 10.6 Å². The predicted octanol–water partition coefficient (Wildman–Crippen LogP) is 5.80. The van der Waals surface area contributed by atoms with E-state index in [1.54, 1.807) is 35.6 Å². The highest BCUT2D eigenvalue weighted by Crippen LogP contribution is 2.38. The van der Waals surface area contributed by atoms with E-state index in [1.165, 1.54) is 0 Å². The standard InChI is InChI=1S/C27H22F8N2O4/c1-40-23(38)26(32,33)15-36-24(39)37-25(14-16-5-3-2-4-6-16,17-7-9-19(28)10-8-17)18-11-20(29)13-21(12-18)41-27(34,35)22(30)31/h2-13,22H,14-15H2,1H3,(H2,36,37,39)/t25-/m1/s1. The van der Waals surface area contributed by atoms with Gasteiger partial charge in [-0.1, -0.05) is 42.5 Å². The number of hydrogen-bond donors (Lipinski definition) is 2. The van der Waals surface area contributed by atoms with E-state index >= 15 is 0 Å². The molecule has 0 heterocycles. The molecule has 0 bridgehead atoms. The van der Waals surface area contributed by atoms with Gasteiger partial charge in [0, 0.05) is 12.5 Å². The van der Waals surface area contributed by atoms with Crippen molar-refractivity contribution in [3.63, 3.8) is 0 Å². The van der Waals surface area contributed by atoms with Gasteiger partial charge in [0.2, 0.25) is 0 Å². The van der Waals surface area contributed by atoms with Crippen molar-refractivity contribution in [2.75, 3.05) is 13.7 Å². The number of carbonyl (C=O) groups is 2. The number of rotatable bonds is 11. The van der Waals surface area contributed by atoms with Crippen LogP contribution in [0.3, 0.4) is 0 Å². The summed E-state index contributed by atoms with van der Waals surface area (Å²) < 4.78 is 118. The van der Waals surface area contributed by atoms with Gasteiger partial charge in [-0.3, -0.25) is 0 Å². The average Bonchev–Trinajstić information content (AvgIpc) is 2.91. The molecule has 0 radical (unpaired) electrons. The van der Waals surface area contributed by atoms with Crippen molar-refractivity contribution in [3.8, 4) is 5.75 Å². The minimum absolute atomic E-state index is 0.00907. The maximum absolute atomic E-state index is 14.8. The Morgan fingerprint density at radius 2 is 1.49 bits per heavy atom. The monoisotopic (exact) mass is 590 g/mol. The van der Waals surface area contributed by atoms with Gasteiger partial charge in [0.05, 0.1) is 19.2 Å². The molecule has 0 spiro atoms. The molecule has 41 heavy (non-hydrogen) atoms. The second-order valence-corrected chi connectivity index (χ2v) is 8.72. The van der Waals surface area contributed by atoms with Crippen LogP contribution in [-0.2, 0) is 21.5 Å². The van der Waals surface area contributed by atoms with Crippen LogP contribution in [0.25, 0.3) is 0 Å². The van der Waals surface area contributed by atoms with E-state index in [0.29, 0.717) is 18.7 Å². The fourth-order valence-corrected chi connectivity index (χ4v) is 3.92. The van der Waals surface area contributed by atoms with Crippen LogP contribution in [0.5, 0.6) is 5.75 Å². The van der Waals surface area contributed by atoms with E-state index in [2.05, 4.69) is 14.8 Å². The lowest BCUT2D eigenvalue weighted by atomic mass is 9.77. The number of carbonyl (C=O) groups excluding carboxylic acids is 2. The molecule has 0 aromatic heterocycles. The van der Waals surface area contributed by atoms with Crippen LogP contribution in [0, 0.1) is 11.6 Å². The van der Waals surface area contributed by atoms with Crippen LogP contribution < -0.4 is 15.4 Å². The van der Waals surface area contributed by atoms with Gasteiger partial charge in [0.1, 0.15) is 17.4 Å². The van der Waals surface area contributed by atoms with Crippen molar-refractivity contribution in [2.45, 2.75) is 30.4 Å². The zero-order chi connectivity index (χ0) is 30.4. The molecule has 2 N–H and O–H groups in total. The van der Waals surface area contributed by atoms with E-state index in [1.807, 2.05) is 0 Å². The Labute approximate surface area is 228 Å². The second-order valence-electron chi connectivity index (χ2n) is 8.72. The Balaban J connectivity index is 2.18. The Kier molecular flexibility index (Phi) is 9.46. The summed E-state index contributed by atoms with van der Waals surface area (Å²) in [6.07, 6.45) is -9.61. The van der Waals surface area contributed by atoms with Gasteiger partial charge in [-0.2, -0.15) is 26.3 Å². The van der Waals surface area contributed by atoms with E-state index in [0.717, 1.165) is 36.4 Å². The van der Waals surface area contributed by atoms with Gasteiger partial charge < -0.3 is 20.1 Å². The Bertz CT molecular complexity index is 1360. The lowest BCUT2D eigenvalue weighted by Gasteiger charge is -2.37. The van der Waals surface area contributed by atoms with Gasteiger partial charge >= 0.3 is 30.5 Å². The molecule has 0 saturated heterocycles. The van der Waals surface area contributed by atoms with Crippen molar-refractivity contribution in [2.24, 2.45) is 0 Å². The van der Waals surface area contributed by atoms with E-state index in [4.69, 9.17) is 0 Å². The molecule has 0 aliphatic heterocycles. The number of esters is 1. The largest absolute Gasteiger partial charge is 0.465 e. The summed E-state index contributed by atoms with van der Waals surface area (Å²) in [4.78, 5) is 24.3. The van der Waals surface area contributed by atoms with Crippen LogP contribution in [0.4, 0.5) is 39.9 Å². The molecule has 0 aliphatic rings. The molecule has 14 heteroatoms. The summed E-state index contributed by atoms with van der Waals surface area (Å²) in [6.45, 7) is -1.53. The summed E-state index contributed by atoms with van der Waals surface area (Å²) >= 11 is 0. The van der Waals surface area contributed by atoms with Crippen molar-refractivity contribution in [1.29, 1.82) is 0 Å². The Morgan fingerprint density at radius 1 is 0.854 bits per heavy atom. The highest BCUT2D eigenvalue weighted by atomic mass is 19.3. The molecule has 6 nitrogen and oxygen atoms in total. The van der Waals surface area contributed by atoms with Crippen LogP contribution in [-0.4, -0.2) is 44.1 Å². The van der Waals surface area contributed by atoms with Gasteiger partial charge in [-0.05, 0) is 41.0 Å². The van der Waals surface area contributed by atoms with E-state index < -0.39 is 59.9 Å². The topological polar surface area (TPSA) is 76.7 Å². The molecular formula is C27H22F8N2O4. The quantitative estimate of drug-likeness (QED) is 0.219. The zero-order valence-electron chi connectivity index (χ0n) is 21.1. The number of urea groups is 1. The lowest BCUT2D eigenvalue weighted by molar-refractivity contribution is -0.253. The van der Waals surface area contributed by atoms with Crippen molar-refractivity contribution >= 4 is 12.0 Å². The minimum atomic E-state index is -5.02. The summed E-state index contributed by atoms with van der Waals surface area (Å²) in [7, 11) is 0.705. The van der Waals surface area contributed by atoms with Crippen molar-refractivity contribution < 1.29 is 54.2 Å². The van der Waals surface area contributed by atoms with Gasteiger partial charge in [0.25, 0.3) is 0 Å². The highest BCUT2D eigenvalue weighted by Gasteiger charge is 2.45. The van der Waals surface area contributed by atoms with E-state index in [-0.39, 0.29) is 17.5 Å². The summed E-state index contributed by atoms with van der Waals surface area (Å²) in [5, 5.41) is 4.18. The second kappa shape index (κ2) is 12.4. The first kappa shape index (κ1) is 31.2. The fraction of sp³-hybridized carbons (Fsp3) is 0.259. The number of methoxy groups -OCH3 is 1. The predicted molar refractivity (Wildman–Crippen MR) is 129 cm³/mol. The average molecular weight is 590 g/mol. The highest BCUT2D eigenvalue weighted by molar-refractivity contribution is 5.80. The maximum atomic E-state index is 14.8. The van der Waals surface area contributed by atoms with Crippen LogP contribution in [0.1, 0.15) is 16.7 Å². The normalized spacial score (nSPS) is 13.3. The summed E-state index contributed by atoms with van der Waals surface area (Å²) in [6, 6.07) is 12.7. The number of hydrogen-bond acceptors (Lipinski definition) is 4. The summed E-state index contributed by atoms with van der Waals surface area (Å²) in [5.74, 6) is -9.13. The molecule has 0 fully saturated rings. The fourth-order valence-electron chi connectivity index (χ4n) is 3.92. The lowest BCUT2D eigenvalue weighted by Crippen LogP contribution is -2.54. The third kappa shape index (κ3) is 7.64. The molecule has 0 aliphatic carbocycles. The zero-order valence-corrected chi connectivity index (χ0v) is 21.1. The van der Waals surface area contributed by atoms with Gasteiger partial charge in [0.15, 0.2) is 0 Å². The molecule has 0 unspecified atom stereocenters. The van der Waals surface area contributed by atoms with E-state index in [9.17, 15) is 44.7 Å². The van der Waals surface area contributed by atoms with Crippen molar-refractivity contribution in [3.05, 3.63) is 101 Å². The van der Waals surface area contributed by atoms with Crippen LogP contribution >= 0.6 is 0 Å². The number of halogens is 8. The molecule has 3 aromatic rings. The smallest absolute Gasteiger partial charge is 0.461 e. The first-order valence-corrected chi connectivity index (χ1v) is 11.7. The molecule has 1 atom stereocenters. The molecule has 220 valence electrons. The first-order valence-electron chi connectivity index (χ1n) is 11.7. The number of ether oxygens (including phenoxy) is 2.